The summed E-state index contributed by atoms with van der Waals surface area (Å²) in [4.78, 5) is 8.35. The van der Waals surface area contributed by atoms with E-state index in [-0.39, 0.29) is 31.0 Å². The monoisotopic (exact) mass is 67.0 g/mol. The van der Waals surface area contributed by atoms with E-state index < -0.39 is 0 Å². The van der Waals surface area contributed by atoms with E-state index in [0.29, 0.717) is 0 Å². The number of isocyanates is 1. The van der Waals surface area contributed by atoms with E-state index in [2.05, 4.69) is 0 Å². The van der Waals surface area contributed by atoms with Crippen LogP contribution in [0.3, 0.4) is 0 Å². The van der Waals surface area contributed by atoms with Crippen molar-refractivity contribution in [1.82, 2.24) is 0 Å². The summed E-state index contributed by atoms with van der Waals surface area (Å²) in [6.07, 6.45) is 0.750. The fourth-order valence-electron chi connectivity index (χ4n) is 0. The maximum Gasteiger partial charge on any atom is 1.00 e. The second-order valence-corrected chi connectivity index (χ2v) is 0.102. The van der Waals surface area contributed by atoms with Crippen LogP contribution in [0.4, 0.5) is 0 Å². The minimum Gasteiger partial charge on any atom is -1.00 e. The van der Waals surface area contributed by atoms with Crippen molar-refractivity contribution in [2.45, 2.75) is 0 Å². The van der Waals surface area contributed by atoms with E-state index in [1.165, 1.54) is 0 Å². The summed E-state index contributed by atoms with van der Waals surface area (Å²) >= 11 is 0. The Morgan fingerprint density at radius 1 is 2.00 bits per heavy atom. The van der Waals surface area contributed by atoms with Crippen molar-refractivity contribution in [2.24, 2.45) is 0 Å². The van der Waals surface area contributed by atoms with Crippen molar-refractivity contribution in [3.8, 4) is 0 Å². The van der Waals surface area contributed by atoms with Gasteiger partial charge in [-0.1, -0.05) is 0 Å². The van der Waals surface area contributed by atoms with Crippen LogP contribution in [0.5, 0.6) is 0 Å². The molecule has 0 aromatic rings. The molecule has 0 saturated heterocycles. The van der Waals surface area contributed by atoms with Gasteiger partial charge in [-0.25, -0.2) is 10.2 Å². The van der Waals surface area contributed by atoms with E-state index in [0.717, 1.165) is 6.08 Å². The van der Waals surface area contributed by atoms with Gasteiger partial charge >= 0.3 is 29.6 Å². The minimum atomic E-state index is 0. The molecule has 0 aromatic carbocycles. The summed E-state index contributed by atoms with van der Waals surface area (Å²) in [5.74, 6) is 0. The zero-order valence-electron chi connectivity index (χ0n) is 3.41. The first-order valence-electron chi connectivity index (χ1n) is 0.454. The Morgan fingerprint density at radius 3 is 2.00 bits per heavy atom. The van der Waals surface area contributed by atoms with Gasteiger partial charge in [-0.2, -0.15) is 0 Å². The largest absolute Gasteiger partial charge is 1.00 e. The zero-order valence-corrected chi connectivity index (χ0v) is 4.41. The molecule has 0 aliphatic rings. The molecule has 0 saturated carbocycles. The Labute approximate surface area is 47.5 Å². The van der Waals surface area contributed by atoms with Crippen LogP contribution in [0, 0.1) is 5.41 Å². The Morgan fingerprint density at radius 2 is 2.00 bits per heavy atom. The average Bonchev–Trinajstić information content (AvgIpc) is 0.918. The molecule has 0 heterocycles. The molecule has 18 valence electrons. The molecule has 3 heteroatoms. The third-order valence-electron chi connectivity index (χ3n) is 0. The fraction of sp³-hybridized carbons (Fsp3) is 0. The van der Waals surface area contributed by atoms with Gasteiger partial charge in [-0.05, 0) is 0 Å². The van der Waals surface area contributed by atoms with Gasteiger partial charge in [0, 0.05) is 0 Å². The van der Waals surface area contributed by atoms with Crippen LogP contribution in [-0.4, -0.2) is 6.08 Å². The van der Waals surface area contributed by atoms with E-state index in [4.69, 9.17) is 10.2 Å². The maximum absolute atomic E-state index is 8.35. The summed E-state index contributed by atoms with van der Waals surface area (Å²) in [5.41, 5.74) is 0. The molecule has 2 nitrogen and oxygen atoms in total. The topological polar surface area (TPSA) is 40.9 Å². The summed E-state index contributed by atoms with van der Waals surface area (Å²) in [5, 5.41) is 5.40. The zero-order chi connectivity index (χ0) is 2.71. The van der Waals surface area contributed by atoms with Crippen molar-refractivity contribution in [1.29, 1.82) is 5.41 Å². The van der Waals surface area contributed by atoms with Gasteiger partial charge in [0.2, 0.25) is 6.08 Å². The Balaban J connectivity index is -0.0000000200. The molecule has 0 spiro atoms. The van der Waals surface area contributed by atoms with Crippen molar-refractivity contribution in [2.75, 3.05) is 0 Å². The first-order valence-corrected chi connectivity index (χ1v) is 0.454. The second-order valence-electron chi connectivity index (χ2n) is 0.102. The number of rotatable bonds is 0. The fourth-order valence-corrected chi connectivity index (χ4v) is 0. The number of hydrogen-bond acceptors (Lipinski definition) is 2. The van der Waals surface area contributed by atoms with Crippen LogP contribution >= 0.6 is 0 Å². The van der Waals surface area contributed by atoms with Crippen LogP contribution in [0.1, 0.15) is 1.43 Å². The van der Waals surface area contributed by atoms with Gasteiger partial charge in [0.15, 0.2) is 0 Å². The molecule has 0 rings (SSSR count). The van der Waals surface area contributed by atoms with Crippen molar-refractivity contribution in [3.05, 3.63) is 0 Å². The number of nitrogens with one attached hydrogen (secondary N) is 1. The normalized spacial score (nSPS) is 2.00. The van der Waals surface area contributed by atoms with Crippen LogP contribution < -0.4 is 29.6 Å². The molecular weight excluding hydrogens is 65.0 g/mol. The third-order valence-corrected chi connectivity index (χ3v) is 0. The average molecular weight is 67.0 g/mol. The smallest absolute Gasteiger partial charge is 1.00 e. The maximum atomic E-state index is 8.35. The molecule has 0 aromatic heterocycles. The second kappa shape index (κ2) is 10.1. The van der Waals surface area contributed by atoms with Crippen LogP contribution in [0.2, 0.25) is 0 Å². The first-order chi connectivity index (χ1) is 1.41. The van der Waals surface area contributed by atoms with Crippen LogP contribution in [-0.2, 0) is 4.79 Å². The van der Waals surface area contributed by atoms with E-state index >= 15 is 0 Å². The van der Waals surface area contributed by atoms with Crippen molar-refractivity contribution < 1.29 is 35.8 Å². The summed E-state index contributed by atoms with van der Waals surface area (Å²) in [7, 11) is 0. The molecule has 0 unspecified atom stereocenters. The van der Waals surface area contributed by atoms with E-state index in [1.807, 2.05) is 0 Å². The molecule has 0 aliphatic carbocycles. The summed E-state index contributed by atoms with van der Waals surface area (Å²) < 4.78 is 0. The van der Waals surface area contributed by atoms with Gasteiger partial charge in [0.25, 0.3) is 0 Å². The number of hydrogen-bond donors (Lipinski definition) is 1. The molecule has 0 atom stereocenters. The van der Waals surface area contributed by atoms with Gasteiger partial charge in [0.1, 0.15) is 0 Å². The standard InChI is InChI=1S/CHNO.Na.H/c2-1-3;;/h2H;;/q;+1;-1. The van der Waals surface area contributed by atoms with Crippen molar-refractivity contribution in [3.63, 3.8) is 0 Å². The molecule has 1 N–H and O–H groups in total. The molecule has 4 heavy (non-hydrogen) atoms. The van der Waals surface area contributed by atoms with Crippen LogP contribution in [0.25, 0.3) is 0 Å². The van der Waals surface area contributed by atoms with Crippen LogP contribution in [0.15, 0.2) is 0 Å². The van der Waals surface area contributed by atoms with E-state index in [1.54, 1.807) is 0 Å². The Hall–Kier alpha value is 0.380. The van der Waals surface area contributed by atoms with Gasteiger partial charge < -0.3 is 1.43 Å². The molecule has 0 aliphatic heterocycles. The Kier molecular flexibility index (Phi) is 22.2. The molecule has 0 bridgehead atoms. The van der Waals surface area contributed by atoms with Gasteiger partial charge in [-0.15, -0.1) is 0 Å². The predicted octanol–water partition coefficient (Wildman–Crippen LogP) is -2.98. The molecule has 0 amide bonds. The minimum absolute atomic E-state index is 0. The first kappa shape index (κ1) is 8.83. The molecular formula is CH2NNaO. The summed E-state index contributed by atoms with van der Waals surface area (Å²) in [6, 6.07) is 0. The molecule has 0 radical (unpaired) electrons. The molecule has 0 fully saturated rings. The quantitative estimate of drug-likeness (QED) is 0.183. The predicted molar refractivity (Wildman–Crippen MR) is 9.53 cm³/mol. The van der Waals surface area contributed by atoms with Crippen molar-refractivity contribution >= 4 is 6.08 Å². The Bertz CT molecular complexity index is 32.6. The van der Waals surface area contributed by atoms with Gasteiger partial charge in [-0.3, -0.25) is 0 Å². The summed E-state index contributed by atoms with van der Waals surface area (Å²) in [6.45, 7) is 0. The van der Waals surface area contributed by atoms with E-state index in [9.17, 15) is 0 Å². The third kappa shape index (κ3) is 31.4. The SMILES string of the molecule is N=C=O.[H-].[Na+]. The number of carbonyl (C=O) groups excluding carboxylic acids is 1. The van der Waals surface area contributed by atoms with Gasteiger partial charge in [0.05, 0.1) is 0 Å².